The average Bonchev–Trinajstić information content (AvgIpc) is 2.89. The van der Waals surface area contributed by atoms with Gasteiger partial charge in [-0.1, -0.05) is 66.6 Å². The SMILES string of the molecule is CCC(C(=O)NC(C)C)N(Cc1ccccc1C)C(=O)CN(c1cccc(Cl)c1C)S(=O)(=O)c1ccc(C)cc1. The molecule has 3 aromatic carbocycles. The highest BCUT2D eigenvalue weighted by Crippen LogP contribution is 2.31. The first-order valence-corrected chi connectivity index (χ1v) is 15.2. The Morgan fingerprint density at radius 2 is 1.57 bits per heavy atom. The van der Waals surface area contributed by atoms with Crippen molar-refractivity contribution in [1.29, 1.82) is 0 Å². The number of sulfonamides is 1. The van der Waals surface area contributed by atoms with Crippen molar-refractivity contribution in [3.05, 3.63) is 94.0 Å². The van der Waals surface area contributed by atoms with Crippen molar-refractivity contribution in [1.82, 2.24) is 10.2 Å². The molecule has 7 nitrogen and oxygen atoms in total. The Morgan fingerprint density at radius 3 is 2.17 bits per heavy atom. The zero-order valence-electron chi connectivity index (χ0n) is 23.9. The van der Waals surface area contributed by atoms with Crippen LogP contribution in [0.1, 0.15) is 49.4 Å². The quantitative estimate of drug-likeness (QED) is 0.309. The van der Waals surface area contributed by atoms with E-state index in [1.54, 1.807) is 37.3 Å². The van der Waals surface area contributed by atoms with E-state index in [0.717, 1.165) is 21.0 Å². The Hall–Kier alpha value is -3.36. The van der Waals surface area contributed by atoms with Gasteiger partial charge >= 0.3 is 0 Å². The van der Waals surface area contributed by atoms with Gasteiger partial charge < -0.3 is 10.2 Å². The van der Waals surface area contributed by atoms with E-state index in [2.05, 4.69) is 5.32 Å². The van der Waals surface area contributed by atoms with E-state index in [1.807, 2.05) is 58.9 Å². The van der Waals surface area contributed by atoms with Crippen molar-refractivity contribution in [3.63, 3.8) is 0 Å². The highest BCUT2D eigenvalue weighted by molar-refractivity contribution is 7.92. The molecule has 0 aliphatic carbocycles. The molecule has 40 heavy (non-hydrogen) atoms. The van der Waals surface area contributed by atoms with Gasteiger partial charge in [-0.2, -0.15) is 0 Å². The summed E-state index contributed by atoms with van der Waals surface area (Å²) in [4.78, 5) is 29.0. The van der Waals surface area contributed by atoms with E-state index < -0.39 is 28.5 Å². The summed E-state index contributed by atoms with van der Waals surface area (Å²) in [6.45, 7) is 10.7. The third-order valence-electron chi connectivity index (χ3n) is 6.81. The maximum Gasteiger partial charge on any atom is 0.264 e. The van der Waals surface area contributed by atoms with Crippen LogP contribution in [0, 0.1) is 20.8 Å². The van der Waals surface area contributed by atoms with Crippen LogP contribution in [0.4, 0.5) is 5.69 Å². The Labute approximate surface area is 243 Å². The second-order valence-electron chi connectivity index (χ2n) is 10.2. The number of halogens is 1. The molecule has 0 saturated heterocycles. The highest BCUT2D eigenvalue weighted by Gasteiger charge is 2.34. The predicted molar refractivity (Wildman–Crippen MR) is 161 cm³/mol. The van der Waals surface area contributed by atoms with Crippen LogP contribution in [0.2, 0.25) is 5.02 Å². The van der Waals surface area contributed by atoms with E-state index in [0.29, 0.717) is 22.7 Å². The molecule has 1 atom stereocenters. The number of rotatable bonds is 11. The number of nitrogens with zero attached hydrogens (tertiary/aromatic N) is 2. The largest absolute Gasteiger partial charge is 0.352 e. The Morgan fingerprint density at radius 1 is 0.925 bits per heavy atom. The van der Waals surface area contributed by atoms with Crippen LogP contribution in [0.15, 0.2) is 71.6 Å². The fourth-order valence-corrected chi connectivity index (χ4v) is 6.13. The summed E-state index contributed by atoms with van der Waals surface area (Å²) in [5.74, 6) is -0.782. The zero-order chi connectivity index (χ0) is 29.6. The number of carbonyl (C=O) groups is 2. The van der Waals surface area contributed by atoms with Gasteiger partial charge in [0.25, 0.3) is 10.0 Å². The minimum absolute atomic E-state index is 0.0559. The van der Waals surface area contributed by atoms with Crippen molar-refractivity contribution in [3.8, 4) is 0 Å². The van der Waals surface area contributed by atoms with E-state index in [4.69, 9.17) is 11.6 Å². The van der Waals surface area contributed by atoms with Gasteiger partial charge in [0.05, 0.1) is 10.6 Å². The molecule has 0 heterocycles. The van der Waals surface area contributed by atoms with Gasteiger partial charge in [-0.25, -0.2) is 8.42 Å². The minimum atomic E-state index is -4.16. The van der Waals surface area contributed by atoms with Gasteiger partial charge in [0.1, 0.15) is 12.6 Å². The molecule has 0 saturated carbocycles. The topological polar surface area (TPSA) is 86.8 Å². The molecule has 0 bridgehead atoms. The van der Waals surface area contributed by atoms with Crippen molar-refractivity contribution < 1.29 is 18.0 Å². The molecular formula is C31H38ClN3O4S. The predicted octanol–water partition coefficient (Wildman–Crippen LogP) is 5.79. The highest BCUT2D eigenvalue weighted by atomic mass is 35.5. The lowest BCUT2D eigenvalue weighted by atomic mass is 10.1. The standard InChI is InChI=1S/C31H38ClN3O4S/c1-7-28(31(37)33-21(2)3)34(19-25-12-9-8-11-23(25)5)30(36)20-35(29-14-10-13-27(32)24(29)6)40(38,39)26-17-15-22(4)16-18-26/h8-18,21,28H,7,19-20H2,1-6H3,(H,33,37). The molecule has 0 aliphatic heterocycles. The summed E-state index contributed by atoms with van der Waals surface area (Å²) >= 11 is 6.39. The lowest BCUT2D eigenvalue weighted by Crippen LogP contribution is -2.53. The van der Waals surface area contributed by atoms with Crippen LogP contribution < -0.4 is 9.62 Å². The molecule has 0 aromatic heterocycles. The number of carbonyl (C=O) groups excluding carboxylic acids is 2. The zero-order valence-corrected chi connectivity index (χ0v) is 25.5. The molecule has 9 heteroatoms. The molecule has 214 valence electrons. The number of nitrogens with one attached hydrogen (secondary N) is 1. The molecule has 0 radical (unpaired) electrons. The van der Waals surface area contributed by atoms with E-state index in [1.165, 1.54) is 17.0 Å². The molecular weight excluding hydrogens is 546 g/mol. The Balaban J connectivity index is 2.12. The lowest BCUT2D eigenvalue weighted by molar-refractivity contribution is -0.140. The van der Waals surface area contributed by atoms with Gasteiger partial charge in [-0.05, 0) is 82.0 Å². The van der Waals surface area contributed by atoms with Crippen LogP contribution >= 0.6 is 11.6 Å². The fourth-order valence-electron chi connectivity index (χ4n) is 4.49. The lowest BCUT2D eigenvalue weighted by Gasteiger charge is -2.34. The van der Waals surface area contributed by atoms with Crippen LogP contribution in [0.3, 0.4) is 0 Å². The van der Waals surface area contributed by atoms with Crippen LogP contribution in [-0.2, 0) is 26.2 Å². The summed E-state index contributed by atoms with van der Waals surface area (Å²) in [5.41, 5.74) is 3.58. The summed E-state index contributed by atoms with van der Waals surface area (Å²) in [7, 11) is -4.16. The fraction of sp³-hybridized carbons (Fsp3) is 0.355. The molecule has 3 aromatic rings. The number of amides is 2. The van der Waals surface area contributed by atoms with Crippen LogP contribution in [-0.4, -0.2) is 43.8 Å². The van der Waals surface area contributed by atoms with E-state index in [9.17, 15) is 18.0 Å². The van der Waals surface area contributed by atoms with Crippen molar-refractivity contribution in [2.24, 2.45) is 0 Å². The van der Waals surface area contributed by atoms with Gasteiger partial charge in [0.2, 0.25) is 11.8 Å². The smallest absolute Gasteiger partial charge is 0.264 e. The molecule has 3 rings (SSSR count). The second-order valence-corrected chi connectivity index (χ2v) is 12.5. The number of aryl methyl sites for hydroxylation is 2. The summed E-state index contributed by atoms with van der Waals surface area (Å²) in [6.07, 6.45) is 0.358. The van der Waals surface area contributed by atoms with Gasteiger partial charge in [0, 0.05) is 17.6 Å². The summed E-state index contributed by atoms with van der Waals surface area (Å²) in [5, 5.41) is 3.29. The number of anilines is 1. The molecule has 1 N–H and O–H groups in total. The summed E-state index contributed by atoms with van der Waals surface area (Å²) < 4.78 is 29.2. The third kappa shape index (κ3) is 7.23. The number of hydrogen-bond acceptors (Lipinski definition) is 4. The van der Waals surface area contributed by atoms with Crippen LogP contribution in [0.25, 0.3) is 0 Å². The van der Waals surface area contributed by atoms with E-state index >= 15 is 0 Å². The van der Waals surface area contributed by atoms with E-state index in [-0.39, 0.29) is 23.4 Å². The van der Waals surface area contributed by atoms with Crippen LogP contribution in [0.5, 0.6) is 0 Å². The maximum absolute atomic E-state index is 14.2. The maximum atomic E-state index is 14.2. The van der Waals surface area contributed by atoms with Crippen molar-refractivity contribution in [2.45, 2.75) is 71.5 Å². The van der Waals surface area contributed by atoms with Gasteiger partial charge in [-0.3, -0.25) is 13.9 Å². The number of hydrogen-bond donors (Lipinski definition) is 1. The molecule has 1 unspecified atom stereocenters. The molecule has 0 spiro atoms. The molecule has 2 amide bonds. The molecule has 0 fully saturated rings. The first-order valence-electron chi connectivity index (χ1n) is 13.4. The van der Waals surface area contributed by atoms with Crippen molar-refractivity contribution in [2.75, 3.05) is 10.8 Å². The van der Waals surface area contributed by atoms with Gasteiger partial charge in [-0.15, -0.1) is 0 Å². The summed E-state index contributed by atoms with van der Waals surface area (Å²) in [6, 6.07) is 18.2. The number of benzene rings is 3. The van der Waals surface area contributed by atoms with Crippen molar-refractivity contribution >= 4 is 39.1 Å². The Kier molecular flexibility index (Phi) is 10.4. The normalized spacial score (nSPS) is 12.2. The first-order chi connectivity index (χ1) is 18.9. The minimum Gasteiger partial charge on any atom is -0.352 e. The first kappa shape index (κ1) is 31.2. The van der Waals surface area contributed by atoms with Gasteiger partial charge in [0.15, 0.2) is 0 Å². The second kappa shape index (κ2) is 13.3. The molecule has 0 aliphatic rings. The monoisotopic (exact) mass is 583 g/mol. The average molecular weight is 584 g/mol. The third-order valence-corrected chi connectivity index (χ3v) is 9.00. The Bertz CT molecular complexity index is 1460.